The van der Waals surface area contributed by atoms with E-state index in [0.717, 1.165) is 51.4 Å². The molecule has 3 atom stereocenters. The summed E-state index contributed by atoms with van der Waals surface area (Å²) in [4.78, 5) is 25.2. The molecule has 0 bridgehead atoms. The van der Waals surface area contributed by atoms with Crippen LogP contribution in [0.3, 0.4) is 0 Å². The lowest BCUT2D eigenvalue weighted by molar-refractivity contribution is -0.870. The Hall–Kier alpha value is -1.02. The van der Waals surface area contributed by atoms with Crippen LogP contribution in [0.4, 0.5) is 0 Å². The number of hydrogen-bond acceptors (Lipinski definition) is 6. The molecule has 0 spiro atoms. The number of phosphoric ester groups is 1. The van der Waals surface area contributed by atoms with E-state index in [1.165, 1.54) is 103 Å². The normalized spacial score (nSPS) is 14.8. The minimum atomic E-state index is -4.58. The minimum Gasteiger partial charge on any atom is -0.756 e. The van der Waals surface area contributed by atoms with Crippen LogP contribution in [0.25, 0.3) is 0 Å². The number of nitrogens with zero attached hydrogens (tertiary/aromatic N) is 1. The fourth-order valence-corrected chi connectivity index (χ4v) is 6.34. The zero-order valence-corrected chi connectivity index (χ0v) is 33.5. The largest absolute Gasteiger partial charge is 0.756 e. The number of allylic oxidation sites excluding steroid dienone is 3. The summed E-state index contributed by atoms with van der Waals surface area (Å²) in [5.74, 6) is -0.208. The van der Waals surface area contributed by atoms with Gasteiger partial charge < -0.3 is 28.8 Å². The summed E-state index contributed by atoms with van der Waals surface area (Å²) in [5.41, 5.74) is 0. The van der Waals surface area contributed by atoms with E-state index in [0.29, 0.717) is 17.4 Å². The van der Waals surface area contributed by atoms with Gasteiger partial charge in [0.1, 0.15) is 13.2 Å². The van der Waals surface area contributed by atoms with E-state index >= 15 is 0 Å². The van der Waals surface area contributed by atoms with E-state index in [-0.39, 0.29) is 19.1 Å². The molecule has 0 heterocycles. The predicted octanol–water partition coefficient (Wildman–Crippen LogP) is 9.94. The molecule has 0 aromatic heterocycles. The van der Waals surface area contributed by atoms with Crippen molar-refractivity contribution in [1.29, 1.82) is 0 Å². The Kier molecular flexibility index (Phi) is 32.2. The van der Waals surface area contributed by atoms with Crippen LogP contribution in [0, 0.1) is 0 Å². The maximum Gasteiger partial charge on any atom is 0.268 e. The first kappa shape index (κ1) is 48.0. The van der Waals surface area contributed by atoms with Gasteiger partial charge in [0, 0.05) is 6.42 Å². The molecule has 290 valence electrons. The van der Waals surface area contributed by atoms with Crippen molar-refractivity contribution in [2.75, 3.05) is 40.9 Å². The van der Waals surface area contributed by atoms with E-state index in [2.05, 4.69) is 31.3 Å². The van der Waals surface area contributed by atoms with Gasteiger partial charge in [-0.15, -0.1) is 0 Å². The standard InChI is InChI=1S/C40H79N2O6P/c1-6-8-10-12-14-16-18-20-22-24-26-28-30-32-34-40(44)41-38(37-48-49(45,46)47-36-35-42(3,4)5)39(43)33-31-29-27-25-23-21-19-17-15-13-11-9-7-2/h18,20,31,33,38-39,43H,6-17,19,21-30,32,34-37H2,1-5H3,(H-,41,44,45,46)/b20-18-,33-31+. The molecule has 3 unspecified atom stereocenters. The van der Waals surface area contributed by atoms with Crippen molar-refractivity contribution in [3.8, 4) is 0 Å². The van der Waals surface area contributed by atoms with Gasteiger partial charge in [0.2, 0.25) is 5.91 Å². The second kappa shape index (κ2) is 32.9. The molecular formula is C40H79N2O6P. The van der Waals surface area contributed by atoms with Crippen molar-refractivity contribution in [1.82, 2.24) is 5.32 Å². The molecule has 49 heavy (non-hydrogen) atoms. The molecule has 0 aromatic rings. The highest BCUT2D eigenvalue weighted by Gasteiger charge is 2.23. The van der Waals surface area contributed by atoms with Gasteiger partial charge >= 0.3 is 0 Å². The Morgan fingerprint density at radius 2 is 1.12 bits per heavy atom. The molecule has 0 aromatic carbocycles. The van der Waals surface area contributed by atoms with Crippen LogP contribution in [-0.4, -0.2) is 68.5 Å². The van der Waals surface area contributed by atoms with Crippen LogP contribution in [0.5, 0.6) is 0 Å². The van der Waals surface area contributed by atoms with Gasteiger partial charge in [0.15, 0.2) is 0 Å². The lowest BCUT2D eigenvalue weighted by Gasteiger charge is -2.29. The Morgan fingerprint density at radius 1 is 0.694 bits per heavy atom. The van der Waals surface area contributed by atoms with Crippen molar-refractivity contribution >= 4 is 13.7 Å². The Balaban J connectivity index is 4.52. The third kappa shape index (κ3) is 35.2. The fraction of sp³-hybridized carbons (Fsp3) is 0.875. The maximum atomic E-state index is 12.8. The lowest BCUT2D eigenvalue weighted by atomic mass is 10.0. The number of rotatable bonds is 36. The van der Waals surface area contributed by atoms with E-state index in [1.54, 1.807) is 6.08 Å². The molecule has 0 saturated heterocycles. The van der Waals surface area contributed by atoms with Crippen LogP contribution < -0.4 is 10.2 Å². The maximum absolute atomic E-state index is 12.8. The predicted molar refractivity (Wildman–Crippen MR) is 205 cm³/mol. The number of phosphoric acid groups is 1. The molecule has 0 radical (unpaired) electrons. The summed E-state index contributed by atoms with van der Waals surface area (Å²) >= 11 is 0. The van der Waals surface area contributed by atoms with Crippen LogP contribution >= 0.6 is 7.82 Å². The van der Waals surface area contributed by atoms with Gasteiger partial charge in [0.05, 0.1) is 39.9 Å². The van der Waals surface area contributed by atoms with E-state index in [4.69, 9.17) is 9.05 Å². The molecule has 0 saturated carbocycles. The number of nitrogens with one attached hydrogen (secondary N) is 1. The first-order valence-corrected chi connectivity index (χ1v) is 21.7. The molecule has 0 aliphatic carbocycles. The summed E-state index contributed by atoms with van der Waals surface area (Å²) in [6.45, 7) is 4.61. The van der Waals surface area contributed by atoms with Gasteiger partial charge in [0.25, 0.3) is 7.82 Å². The summed E-state index contributed by atoms with van der Waals surface area (Å²) < 4.78 is 23.1. The van der Waals surface area contributed by atoms with Crippen molar-refractivity contribution in [3.05, 3.63) is 24.3 Å². The van der Waals surface area contributed by atoms with Gasteiger partial charge in [-0.3, -0.25) is 9.36 Å². The van der Waals surface area contributed by atoms with Crippen LogP contribution in [0.15, 0.2) is 24.3 Å². The van der Waals surface area contributed by atoms with E-state index < -0.39 is 20.0 Å². The number of carbonyl (C=O) groups is 1. The molecule has 0 fully saturated rings. The van der Waals surface area contributed by atoms with Gasteiger partial charge in [-0.2, -0.15) is 0 Å². The average Bonchev–Trinajstić information content (AvgIpc) is 3.04. The van der Waals surface area contributed by atoms with Crippen molar-refractivity contribution in [3.63, 3.8) is 0 Å². The van der Waals surface area contributed by atoms with Crippen LogP contribution in [0.2, 0.25) is 0 Å². The highest BCUT2D eigenvalue weighted by Crippen LogP contribution is 2.38. The number of unbranched alkanes of at least 4 members (excludes halogenated alkanes) is 21. The van der Waals surface area contributed by atoms with Gasteiger partial charge in [-0.25, -0.2) is 0 Å². The highest BCUT2D eigenvalue weighted by molar-refractivity contribution is 7.45. The molecule has 2 N–H and O–H groups in total. The van der Waals surface area contributed by atoms with Crippen molar-refractivity contribution in [2.45, 2.75) is 187 Å². The Morgan fingerprint density at radius 3 is 1.59 bits per heavy atom. The number of aliphatic hydroxyl groups is 1. The zero-order valence-electron chi connectivity index (χ0n) is 32.6. The summed E-state index contributed by atoms with van der Waals surface area (Å²) in [7, 11) is 1.25. The molecule has 0 aliphatic heterocycles. The van der Waals surface area contributed by atoms with E-state index in [9.17, 15) is 19.4 Å². The lowest BCUT2D eigenvalue weighted by Crippen LogP contribution is -2.45. The van der Waals surface area contributed by atoms with Crippen molar-refractivity contribution in [2.24, 2.45) is 0 Å². The van der Waals surface area contributed by atoms with E-state index in [1.807, 2.05) is 27.2 Å². The third-order valence-electron chi connectivity index (χ3n) is 8.91. The summed E-state index contributed by atoms with van der Waals surface area (Å²) in [6, 6.07) is -0.885. The zero-order chi connectivity index (χ0) is 36.5. The smallest absolute Gasteiger partial charge is 0.268 e. The average molecular weight is 715 g/mol. The summed E-state index contributed by atoms with van der Waals surface area (Å²) in [5, 5.41) is 13.7. The van der Waals surface area contributed by atoms with Gasteiger partial charge in [-0.1, -0.05) is 147 Å². The van der Waals surface area contributed by atoms with Gasteiger partial charge in [-0.05, 0) is 44.9 Å². The molecule has 1 amide bonds. The SMILES string of the molecule is CCCCCCC/C=C\CCCCCCCC(=O)NC(COP(=O)([O-])OCC[N+](C)(C)C)C(O)/C=C/CCCCCCCCCCCCC. The number of amides is 1. The molecule has 0 rings (SSSR count). The second-order valence-corrected chi connectivity index (χ2v) is 16.4. The topological polar surface area (TPSA) is 108 Å². The quantitative estimate of drug-likeness (QED) is 0.0290. The third-order valence-corrected chi connectivity index (χ3v) is 9.87. The number of hydrogen-bond donors (Lipinski definition) is 2. The number of likely N-dealkylation sites (N-methyl/N-ethyl adjacent to an activating group) is 1. The number of carbonyl (C=O) groups excluding carboxylic acids is 1. The fourth-order valence-electron chi connectivity index (χ4n) is 5.62. The number of quaternary nitrogens is 1. The van der Waals surface area contributed by atoms with Crippen molar-refractivity contribution < 1.29 is 32.9 Å². The molecule has 8 nitrogen and oxygen atoms in total. The molecular weight excluding hydrogens is 635 g/mol. The van der Waals surface area contributed by atoms with Crippen LogP contribution in [-0.2, 0) is 18.4 Å². The second-order valence-electron chi connectivity index (χ2n) is 15.0. The molecule has 0 aliphatic rings. The Bertz CT molecular complexity index is 860. The molecule has 9 heteroatoms. The monoisotopic (exact) mass is 715 g/mol. The minimum absolute atomic E-state index is 0.00185. The van der Waals surface area contributed by atoms with Crippen LogP contribution in [0.1, 0.15) is 174 Å². The number of aliphatic hydroxyl groups excluding tert-OH is 1. The summed E-state index contributed by atoms with van der Waals surface area (Å²) in [6.07, 6.45) is 36.4. The first-order valence-electron chi connectivity index (χ1n) is 20.2. The highest BCUT2D eigenvalue weighted by atomic mass is 31.2. The Labute approximate surface area is 303 Å². The first-order chi connectivity index (χ1) is 23.5.